The molecule has 33 heavy (non-hydrogen) atoms. The van der Waals surface area contributed by atoms with E-state index in [1.807, 2.05) is 73.7 Å². The molecule has 1 heterocycles. The fraction of sp³-hybridized carbons (Fsp3) is 0.286. The van der Waals surface area contributed by atoms with Crippen molar-refractivity contribution in [2.75, 3.05) is 18.1 Å². The standard InChI is InChI=1S/C28H29NO4/c1-4-32-24-16-12-23(13-17-24)29-19-20(18-26(29)30)27(31)33-25-14-10-22(11-15-25)28(2,3)21-8-6-5-7-9-21/h5-17,20H,4,18-19H2,1-3H3/t20-/m1/s1. The van der Waals surface area contributed by atoms with E-state index in [0.717, 1.165) is 17.0 Å². The van der Waals surface area contributed by atoms with Gasteiger partial charge in [-0.1, -0.05) is 56.3 Å². The van der Waals surface area contributed by atoms with Crippen LogP contribution in [0.25, 0.3) is 0 Å². The SMILES string of the molecule is CCOc1ccc(N2C[C@H](C(=O)Oc3ccc(C(C)(C)c4ccccc4)cc3)CC2=O)cc1. The van der Waals surface area contributed by atoms with Gasteiger partial charge in [0.1, 0.15) is 11.5 Å². The van der Waals surface area contributed by atoms with Crippen LogP contribution < -0.4 is 14.4 Å². The lowest BCUT2D eigenvalue weighted by molar-refractivity contribution is -0.139. The summed E-state index contributed by atoms with van der Waals surface area (Å²) in [5.41, 5.74) is 2.94. The Hall–Kier alpha value is -3.60. The van der Waals surface area contributed by atoms with Gasteiger partial charge in [0.15, 0.2) is 0 Å². The van der Waals surface area contributed by atoms with Crippen molar-refractivity contribution in [3.63, 3.8) is 0 Å². The highest BCUT2D eigenvalue weighted by Gasteiger charge is 2.36. The summed E-state index contributed by atoms with van der Waals surface area (Å²) in [5.74, 6) is 0.278. The van der Waals surface area contributed by atoms with Crippen molar-refractivity contribution in [2.24, 2.45) is 5.92 Å². The lowest BCUT2D eigenvalue weighted by Crippen LogP contribution is -2.27. The maximum Gasteiger partial charge on any atom is 0.316 e. The van der Waals surface area contributed by atoms with Gasteiger partial charge in [-0.15, -0.1) is 0 Å². The van der Waals surface area contributed by atoms with Crippen LogP contribution in [0.3, 0.4) is 0 Å². The van der Waals surface area contributed by atoms with Crippen LogP contribution in [0.5, 0.6) is 11.5 Å². The van der Waals surface area contributed by atoms with Gasteiger partial charge in [0.05, 0.1) is 12.5 Å². The number of esters is 1. The third kappa shape index (κ3) is 4.92. The molecule has 1 atom stereocenters. The number of hydrogen-bond acceptors (Lipinski definition) is 4. The Labute approximate surface area is 194 Å². The number of carbonyl (C=O) groups excluding carboxylic acids is 2. The summed E-state index contributed by atoms with van der Waals surface area (Å²) < 4.78 is 11.1. The first kappa shape index (κ1) is 22.6. The fourth-order valence-corrected chi connectivity index (χ4v) is 4.16. The average molecular weight is 444 g/mol. The van der Waals surface area contributed by atoms with Gasteiger partial charge < -0.3 is 14.4 Å². The Morgan fingerprint density at radius 3 is 2.15 bits per heavy atom. The molecule has 170 valence electrons. The van der Waals surface area contributed by atoms with Gasteiger partial charge in [0.2, 0.25) is 5.91 Å². The lowest BCUT2D eigenvalue weighted by atomic mass is 9.78. The Bertz CT molecular complexity index is 1100. The van der Waals surface area contributed by atoms with Gasteiger partial charge in [-0.25, -0.2) is 0 Å². The molecule has 1 fully saturated rings. The molecule has 0 spiro atoms. The fourth-order valence-electron chi connectivity index (χ4n) is 4.16. The van der Waals surface area contributed by atoms with Gasteiger partial charge in [-0.3, -0.25) is 9.59 Å². The Kier molecular flexibility index (Phi) is 6.50. The van der Waals surface area contributed by atoms with E-state index in [1.165, 1.54) is 5.56 Å². The van der Waals surface area contributed by atoms with Crippen LogP contribution >= 0.6 is 0 Å². The maximum atomic E-state index is 12.8. The number of ether oxygens (including phenoxy) is 2. The zero-order valence-electron chi connectivity index (χ0n) is 19.3. The number of anilines is 1. The smallest absolute Gasteiger partial charge is 0.316 e. The zero-order chi connectivity index (χ0) is 23.4. The number of rotatable bonds is 7. The molecule has 3 aromatic carbocycles. The minimum Gasteiger partial charge on any atom is -0.494 e. The quantitative estimate of drug-likeness (QED) is 0.364. The number of benzene rings is 3. The molecule has 0 N–H and O–H groups in total. The lowest BCUT2D eigenvalue weighted by Gasteiger charge is -2.26. The first-order valence-electron chi connectivity index (χ1n) is 11.3. The molecule has 0 bridgehead atoms. The first-order valence-corrected chi connectivity index (χ1v) is 11.3. The van der Waals surface area contributed by atoms with E-state index in [9.17, 15) is 9.59 Å². The van der Waals surface area contributed by atoms with E-state index in [1.54, 1.807) is 4.90 Å². The van der Waals surface area contributed by atoms with Crippen LogP contribution in [-0.4, -0.2) is 25.0 Å². The minimum absolute atomic E-state index is 0.0823. The molecule has 1 saturated heterocycles. The molecule has 1 aliphatic heterocycles. The van der Waals surface area contributed by atoms with Crippen molar-refractivity contribution in [2.45, 2.75) is 32.6 Å². The van der Waals surface area contributed by atoms with Crippen molar-refractivity contribution in [3.05, 3.63) is 90.0 Å². The van der Waals surface area contributed by atoms with Crippen LogP contribution in [0.15, 0.2) is 78.9 Å². The summed E-state index contributed by atoms with van der Waals surface area (Å²) in [7, 11) is 0. The normalized spacial score (nSPS) is 16.0. The number of amides is 1. The van der Waals surface area contributed by atoms with Crippen LogP contribution in [0.4, 0.5) is 5.69 Å². The molecule has 0 radical (unpaired) electrons. The van der Waals surface area contributed by atoms with Crippen molar-refractivity contribution < 1.29 is 19.1 Å². The summed E-state index contributed by atoms with van der Waals surface area (Å²) in [4.78, 5) is 26.9. The van der Waals surface area contributed by atoms with E-state index in [0.29, 0.717) is 18.9 Å². The Morgan fingerprint density at radius 2 is 1.52 bits per heavy atom. The number of nitrogens with zero attached hydrogens (tertiary/aromatic N) is 1. The molecule has 3 aromatic rings. The molecule has 0 aromatic heterocycles. The second-order valence-electron chi connectivity index (χ2n) is 8.77. The Balaban J connectivity index is 1.40. The monoisotopic (exact) mass is 443 g/mol. The summed E-state index contributed by atoms with van der Waals surface area (Å²) in [6.07, 6.45) is 0.144. The van der Waals surface area contributed by atoms with Crippen molar-refractivity contribution in [1.82, 2.24) is 0 Å². The number of hydrogen-bond donors (Lipinski definition) is 0. The second-order valence-corrected chi connectivity index (χ2v) is 8.77. The molecule has 1 aliphatic rings. The highest BCUT2D eigenvalue weighted by molar-refractivity contribution is 5.99. The molecule has 0 saturated carbocycles. The molecular weight excluding hydrogens is 414 g/mol. The molecule has 5 nitrogen and oxygen atoms in total. The average Bonchev–Trinajstić information content (AvgIpc) is 3.22. The van der Waals surface area contributed by atoms with E-state index in [2.05, 4.69) is 26.0 Å². The van der Waals surface area contributed by atoms with E-state index in [-0.39, 0.29) is 23.7 Å². The summed E-state index contributed by atoms with van der Waals surface area (Å²) in [6, 6.07) is 25.2. The summed E-state index contributed by atoms with van der Waals surface area (Å²) in [5, 5.41) is 0. The topological polar surface area (TPSA) is 55.8 Å². The maximum absolute atomic E-state index is 12.8. The third-order valence-corrected chi connectivity index (χ3v) is 6.21. The zero-order valence-corrected chi connectivity index (χ0v) is 19.3. The summed E-state index contributed by atoms with van der Waals surface area (Å²) >= 11 is 0. The van der Waals surface area contributed by atoms with Gasteiger partial charge in [0.25, 0.3) is 0 Å². The molecular formula is C28H29NO4. The van der Waals surface area contributed by atoms with Crippen molar-refractivity contribution in [1.29, 1.82) is 0 Å². The number of carbonyl (C=O) groups is 2. The molecule has 0 aliphatic carbocycles. The molecule has 4 rings (SSSR count). The van der Waals surface area contributed by atoms with E-state index < -0.39 is 5.92 Å². The predicted octanol–water partition coefficient (Wildman–Crippen LogP) is 5.37. The van der Waals surface area contributed by atoms with E-state index in [4.69, 9.17) is 9.47 Å². The molecule has 1 amide bonds. The van der Waals surface area contributed by atoms with Crippen LogP contribution in [0.2, 0.25) is 0 Å². The van der Waals surface area contributed by atoms with Gasteiger partial charge >= 0.3 is 5.97 Å². The third-order valence-electron chi connectivity index (χ3n) is 6.21. The second kappa shape index (κ2) is 9.49. The highest BCUT2D eigenvalue weighted by atomic mass is 16.5. The minimum atomic E-state index is -0.496. The van der Waals surface area contributed by atoms with Crippen LogP contribution in [-0.2, 0) is 15.0 Å². The van der Waals surface area contributed by atoms with Crippen LogP contribution in [0, 0.1) is 5.92 Å². The van der Waals surface area contributed by atoms with Gasteiger partial charge in [0, 0.05) is 24.1 Å². The molecule has 0 unspecified atom stereocenters. The highest BCUT2D eigenvalue weighted by Crippen LogP contribution is 2.33. The van der Waals surface area contributed by atoms with Gasteiger partial charge in [-0.05, 0) is 54.4 Å². The Morgan fingerprint density at radius 1 is 0.909 bits per heavy atom. The summed E-state index contributed by atoms with van der Waals surface area (Å²) in [6.45, 7) is 7.16. The first-order chi connectivity index (χ1) is 15.9. The largest absolute Gasteiger partial charge is 0.494 e. The van der Waals surface area contributed by atoms with Crippen molar-refractivity contribution in [3.8, 4) is 11.5 Å². The van der Waals surface area contributed by atoms with Crippen LogP contribution in [0.1, 0.15) is 38.3 Å². The van der Waals surface area contributed by atoms with E-state index >= 15 is 0 Å². The predicted molar refractivity (Wildman–Crippen MR) is 129 cm³/mol. The van der Waals surface area contributed by atoms with Crippen molar-refractivity contribution >= 4 is 17.6 Å². The van der Waals surface area contributed by atoms with Gasteiger partial charge in [-0.2, -0.15) is 0 Å². The molecule has 5 heteroatoms.